The Hall–Kier alpha value is -2.99. The first kappa shape index (κ1) is 18.6. The molecule has 1 aliphatic heterocycles. The van der Waals surface area contributed by atoms with E-state index in [1.165, 1.54) is 6.07 Å². The van der Waals surface area contributed by atoms with Gasteiger partial charge in [-0.1, -0.05) is 24.3 Å². The lowest BCUT2D eigenvalue weighted by atomic mass is 9.49. The third-order valence-electron chi connectivity index (χ3n) is 8.57. The average Bonchev–Trinajstić information content (AvgIpc) is 3.56. The molecule has 0 unspecified atom stereocenters. The number of aromatic hydroxyl groups is 2. The Morgan fingerprint density at radius 1 is 1.09 bits per heavy atom. The van der Waals surface area contributed by atoms with Gasteiger partial charge < -0.3 is 24.6 Å². The second kappa shape index (κ2) is 5.87. The normalized spacial score (nSPS) is 30.5. The molecule has 32 heavy (non-hydrogen) atoms. The van der Waals surface area contributed by atoms with Gasteiger partial charge in [-0.3, -0.25) is 4.79 Å². The smallest absolute Gasteiger partial charge is 0.226 e. The minimum atomic E-state index is -1.26. The zero-order valence-corrected chi connectivity index (χ0v) is 17.7. The maximum atomic E-state index is 13.2. The number of hydrogen-bond acceptors (Lipinski definition) is 5. The number of amides is 1. The molecule has 2 fully saturated rings. The van der Waals surface area contributed by atoms with Crippen molar-refractivity contribution in [1.82, 2.24) is 4.90 Å². The summed E-state index contributed by atoms with van der Waals surface area (Å²) in [5.74, 6) is 0.722. The molecule has 6 nitrogen and oxygen atoms in total. The lowest BCUT2D eigenvalue weighted by Gasteiger charge is -2.63. The predicted molar refractivity (Wildman–Crippen MR) is 117 cm³/mol. The average molecular weight is 431 g/mol. The van der Waals surface area contributed by atoms with E-state index in [9.17, 15) is 20.1 Å². The van der Waals surface area contributed by atoms with Crippen LogP contribution in [-0.2, 0) is 29.5 Å². The summed E-state index contributed by atoms with van der Waals surface area (Å²) in [4.78, 5) is 15.1. The highest BCUT2D eigenvalue weighted by Gasteiger charge is 2.67. The molecule has 1 aromatic heterocycles. The number of benzene rings is 2. The van der Waals surface area contributed by atoms with E-state index in [0.717, 1.165) is 40.7 Å². The molecule has 1 saturated carbocycles. The van der Waals surface area contributed by atoms with Crippen LogP contribution in [0.3, 0.4) is 0 Å². The Morgan fingerprint density at radius 2 is 1.91 bits per heavy atom. The number of carbonyl (C=O) groups is 1. The monoisotopic (exact) mass is 431 g/mol. The number of phenolic OH excluding ortho intramolecular Hbond substituents is 2. The summed E-state index contributed by atoms with van der Waals surface area (Å²) in [6.45, 7) is 0.534. The highest BCUT2D eigenvalue weighted by atomic mass is 16.3. The minimum Gasteiger partial charge on any atom is -0.504 e. The van der Waals surface area contributed by atoms with E-state index >= 15 is 0 Å². The van der Waals surface area contributed by atoms with Gasteiger partial charge in [-0.05, 0) is 43.4 Å². The fourth-order valence-corrected chi connectivity index (χ4v) is 6.89. The van der Waals surface area contributed by atoms with E-state index in [1.54, 1.807) is 0 Å². The number of phenols is 2. The number of nitrogens with zero attached hydrogens (tertiary/aromatic N) is 1. The van der Waals surface area contributed by atoms with E-state index in [2.05, 4.69) is 0 Å². The number of para-hydroxylation sites is 1. The van der Waals surface area contributed by atoms with Gasteiger partial charge in [0.25, 0.3) is 0 Å². The maximum absolute atomic E-state index is 13.2. The quantitative estimate of drug-likeness (QED) is 0.515. The summed E-state index contributed by atoms with van der Waals surface area (Å²) in [5.41, 5.74) is 1.22. The predicted octanol–water partition coefficient (Wildman–Crippen LogP) is 3.18. The van der Waals surface area contributed by atoms with Crippen LogP contribution < -0.4 is 0 Å². The molecule has 2 heterocycles. The minimum absolute atomic E-state index is 0.0784. The van der Waals surface area contributed by atoms with E-state index in [0.29, 0.717) is 37.8 Å². The van der Waals surface area contributed by atoms with Gasteiger partial charge >= 0.3 is 0 Å². The van der Waals surface area contributed by atoms with Gasteiger partial charge in [-0.15, -0.1) is 0 Å². The first-order valence-electron chi connectivity index (χ1n) is 11.5. The van der Waals surface area contributed by atoms with Crippen LogP contribution in [0.15, 0.2) is 40.8 Å². The van der Waals surface area contributed by atoms with E-state index in [1.807, 2.05) is 35.2 Å². The number of fused-ring (bicyclic) bond motifs is 4. The molecule has 1 saturated heterocycles. The van der Waals surface area contributed by atoms with Crippen molar-refractivity contribution in [2.75, 3.05) is 6.54 Å². The number of hydrogen-bond donors (Lipinski definition) is 3. The molecular formula is C26H25NO5. The van der Waals surface area contributed by atoms with Crippen molar-refractivity contribution >= 4 is 16.9 Å². The molecule has 2 bridgehead atoms. The van der Waals surface area contributed by atoms with Gasteiger partial charge in [0.05, 0.1) is 11.6 Å². The molecule has 1 amide bonds. The summed E-state index contributed by atoms with van der Waals surface area (Å²) < 4.78 is 6.24. The van der Waals surface area contributed by atoms with Crippen LogP contribution in [0, 0.1) is 5.92 Å². The zero-order chi connectivity index (χ0) is 21.8. The Bertz CT molecular complexity index is 1310. The maximum Gasteiger partial charge on any atom is 0.226 e. The summed E-state index contributed by atoms with van der Waals surface area (Å²) in [5, 5.41) is 34.9. The molecular weight excluding hydrogens is 406 g/mol. The Balaban J connectivity index is 1.49. The molecule has 3 aromatic rings. The van der Waals surface area contributed by atoms with Gasteiger partial charge in [0.2, 0.25) is 5.91 Å². The molecule has 3 N–H and O–H groups in total. The first-order valence-corrected chi connectivity index (χ1v) is 11.5. The van der Waals surface area contributed by atoms with Crippen molar-refractivity contribution in [3.63, 3.8) is 0 Å². The zero-order valence-electron chi connectivity index (χ0n) is 17.7. The fraction of sp³-hybridized carbons (Fsp3) is 0.423. The van der Waals surface area contributed by atoms with Gasteiger partial charge in [0, 0.05) is 47.2 Å². The number of piperidine rings is 1. The Kier molecular flexibility index (Phi) is 3.41. The van der Waals surface area contributed by atoms with Crippen molar-refractivity contribution in [1.29, 1.82) is 0 Å². The van der Waals surface area contributed by atoms with Crippen LogP contribution in [-0.4, -0.2) is 44.3 Å². The van der Waals surface area contributed by atoms with Crippen LogP contribution in [0.4, 0.5) is 0 Å². The molecule has 3 atom stereocenters. The third-order valence-corrected chi connectivity index (χ3v) is 8.57. The SMILES string of the molecule is O=C(C1CC1)N1CC[C@]23Cc4oc5ccccc5c4C[C@@]2(O)[C@H]1Cc1ccc(O)c(O)c13. The van der Waals surface area contributed by atoms with Crippen LogP contribution in [0.5, 0.6) is 11.5 Å². The van der Waals surface area contributed by atoms with Crippen LogP contribution in [0.2, 0.25) is 0 Å². The lowest BCUT2D eigenvalue weighted by molar-refractivity contribution is -0.171. The number of rotatable bonds is 1. The van der Waals surface area contributed by atoms with E-state index in [-0.39, 0.29) is 29.4 Å². The molecule has 0 spiro atoms. The number of furan rings is 1. The first-order chi connectivity index (χ1) is 15.4. The summed E-state index contributed by atoms with van der Waals surface area (Å²) >= 11 is 0. The molecule has 0 radical (unpaired) electrons. The standard InChI is InChI=1S/C26H25NO5/c28-18-8-7-15-11-21-26(31)12-17-16-3-1-2-4-19(16)32-20(17)13-25(26,22(15)23(18)29)9-10-27(21)24(30)14-5-6-14/h1-4,7-8,14,21,28-29,31H,5-6,9-13H2/t21-,25-,26-/m1/s1. The van der Waals surface area contributed by atoms with Gasteiger partial charge in [0.1, 0.15) is 11.3 Å². The van der Waals surface area contributed by atoms with Crippen molar-refractivity contribution in [3.8, 4) is 11.5 Å². The number of likely N-dealkylation sites (tertiary alicyclic amines) is 1. The summed E-state index contributed by atoms with van der Waals surface area (Å²) in [7, 11) is 0. The molecule has 3 aliphatic carbocycles. The number of carbonyl (C=O) groups excluding carboxylic acids is 1. The Labute approximate surface area is 185 Å². The fourth-order valence-electron chi connectivity index (χ4n) is 6.89. The van der Waals surface area contributed by atoms with Gasteiger partial charge in [-0.2, -0.15) is 0 Å². The third kappa shape index (κ3) is 2.11. The number of aliphatic hydroxyl groups is 1. The second-order valence-corrected chi connectivity index (χ2v) is 10.1. The molecule has 6 heteroatoms. The van der Waals surface area contributed by atoms with Crippen molar-refractivity contribution < 1.29 is 24.5 Å². The Morgan fingerprint density at radius 3 is 2.72 bits per heavy atom. The van der Waals surface area contributed by atoms with Gasteiger partial charge in [-0.25, -0.2) is 0 Å². The largest absolute Gasteiger partial charge is 0.504 e. The van der Waals surface area contributed by atoms with E-state index in [4.69, 9.17) is 4.42 Å². The highest BCUT2D eigenvalue weighted by Crippen LogP contribution is 2.61. The summed E-state index contributed by atoms with van der Waals surface area (Å²) in [6.07, 6.45) is 3.61. The second-order valence-electron chi connectivity index (χ2n) is 10.1. The van der Waals surface area contributed by atoms with Crippen LogP contribution >= 0.6 is 0 Å². The highest BCUT2D eigenvalue weighted by molar-refractivity contribution is 5.84. The molecule has 4 aliphatic rings. The van der Waals surface area contributed by atoms with E-state index < -0.39 is 11.0 Å². The van der Waals surface area contributed by atoms with Crippen molar-refractivity contribution in [2.45, 2.75) is 55.6 Å². The molecule has 7 rings (SSSR count). The van der Waals surface area contributed by atoms with Crippen molar-refractivity contribution in [3.05, 3.63) is 58.8 Å². The molecule has 2 aromatic carbocycles. The lowest BCUT2D eigenvalue weighted by Crippen LogP contribution is -2.74. The summed E-state index contributed by atoms with van der Waals surface area (Å²) in [6, 6.07) is 10.8. The van der Waals surface area contributed by atoms with Crippen LogP contribution in [0.25, 0.3) is 11.0 Å². The topological polar surface area (TPSA) is 94.1 Å². The van der Waals surface area contributed by atoms with Crippen molar-refractivity contribution in [2.24, 2.45) is 5.92 Å². The van der Waals surface area contributed by atoms with Gasteiger partial charge in [0.15, 0.2) is 11.5 Å². The van der Waals surface area contributed by atoms with Crippen LogP contribution in [0.1, 0.15) is 41.7 Å². The molecule has 164 valence electrons.